The highest BCUT2D eigenvalue weighted by Crippen LogP contribution is 2.04. The normalized spacial score (nSPS) is 12.1. The molecule has 0 aromatic heterocycles. The van der Waals surface area contributed by atoms with Crippen LogP contribution in [0.2, 0.25) is 0 Å². The number of ketones is 1. The number of carboxylic acid groups (broad SMARTS) is 1. The van der Waals surface area contributed by atoms with E-state index in [-0.39, 0.29) is 61.9 Å². The van der Waals surface area contributed by atoms with E-state index in [0.717, 1.165) is 0 Å². The van der Waals surface area contributed by atoms with Crippen LogP contribution in [0.1, 0.15) is 40.5 Å². The second-order valence-corrected chi connectivity index (χ2v) is 6.37. The van der Waals surface area contributed by atoms with Gasteiger partial charge in [-0.2, -0.15) is 0 Å². The summed E-state index contributed by atoms with van der Waals surface area (Å²) in [6.07, 6.45) is 0.0398. The molecule has 1 atom stereocenters. The Morgan fingerprint density at radius 3 is 2.12 bits per heavy atom. The number of nitrogens with zero attached hydrogens (tertiary/aromatic N) is 1. The van der Waals surface area contributed by atoms with E-state index in [0.29, 0.717) is 0 Å². The van der Waals surface area contributed by atoms with E-state index in [1.165, 1.54) is 4.90 Å². The molecule has 8 heteroatoms. The van der Waals surface area contributed by atoms with Crippen molar-refractivity contribution < 1.29 is 24.3 Å². The third-order valence-corrected chi connectivity index (χ3v) is 3.50. The van der Waals surface area contributed by atoms with Crippen molar-refractivity contribution in [1.82, 2.24) is 10.2 Å². The fourth-order valence-electron chi connectivity index (χ4n) is 1.83. The quantitative estimate of drug-likeness (QED) is 0.484. The molecule has 138 valence electrons. The lowest BCUT2D eigenvalue weighted by molar-refractivity contribution is -0.139. The number of rotatable bonds is 11. The number of hydrogen-bond donors (Lipinski definition) is 3. The van der Waals surface area contributed by atoms with Crippen molar-refractivity contribution in [3.63, 3.8) is 0 Å². The Hall–Kier alpha value is -1.96. The number of aliphatic carboxylic acids is 1. The maximum absolute atomic E-state index is 12.1. The zero-order valence-corrected chi connectivity index (χ0v) is 14.9. The largest absolute Gasteiger partial charge is 0.480 e. The number of hydrogen-bond acceptors (Lipinski definition) is 5. The molecule has 8 nitrogen and oxygen atoms in total. The molecule has 0 aliphatic heterocycles. The zero-order valence-electron chi connectivity index (χ0n) is 14.9. The lowest BCUT2D eigenvalue weighted by atomic mass is 10.1. The maximum Gasteiger partial charge on any atom is 0.320 e. The topological polar surface area (TPSA) is 130 Å². The maximum atomic E-state index is 12.1. The van der Waals surface area contributed by atoms with Crippen LogP contribution in [-0.2, 0) is 19.2 Å². The molecule has 0 fully saturated rings. The average Bonchev–Trinajstić information content (AvgIpc) is 2.50. The summed E-state index contributed by atoms with van der Waals surface area (Å²) in [6, 6.07) is -1.07. The molecule has 4 N–H and O–H groups in total. The molecular weight excluding hydrogens is 314 g/mol. The summed E-state index contributed by atoms with van der Waals surface area (Å²) in [6.45, 7) is 7.50. The smallest absolute Gasteiger partial charge is 0.320 e. The van der Waals surface area contributed by atoms with Crippen LogP contribution in [0.4, 0.5) is 0 Å². The van der Waals surface area contributed by atoms with Crippen molar-refractivity contribution in [2.45, 2.75) is 46.6 Å². The summed E-state index contributed by atoms with van der Waals surface area (Å²) in [4.78, 5) is 47.7. The van der Waals surface area contributed by atoms with Gasteiger partial charge in [0.2, 0.25) is 11.8 Å². The molecule has 0 aromatic rings. The van der Waals surface area contributed by atoms with Crippen LogP contribution >= 0.6 is 0 Å². The first-order valence-electron chi connectivity index (χ1n) is 8.12. The molecule has 0 spiro atoms. The molecule has 0 aliphatic carbocycles. The Balaban J connectivity index is 4.40. The van der Waals surface area contributed by atoms with Gasteiger partial charge in [0.25, 0.3) is 0 Å². The van der Waals surface area contributed by atoms with Gasteiger partial charge in [-0.25, -0.2) is 0 Å². The standard InChI is InChI=1S/C16H29N3O5/c1-10(2)13(20)9-19(15(22)11(3)4)8-7-18-14(21)6-5-12(17)16(23)24/h10-12H,5-9,17H2,1-4H3,(H,18,21)(H,23,24)/t12-/m0/s1. The summed E-state index contributed by atoms with van der Waals surface area (Å²) in [5, 5.41) is 11.3. The number of nitrogens with two attached hydrogens (primary N) is 1. The van der Waals surface area contributed by atoms with Crippen LogP contribution in [0.3, 0.4) is 0 Å². The predicted octanol–water partition coefficient (Wildman–Crippen LogP) is 0.00440. The van der Waals surface area contributed by atoms with Gasteiger partial charge in [-0.15, -0.1) is 0 Å². The first-order valence-corrected chi connectivity index (χ1v) is 8.12. The van der Waals surface area contributed by atoms with E-state index in [9.17, 15) is 19.2 Å². The molecule has 24 heavy (non-hydrogen) atoms. The molecule has 0 radical (unpaired) electrons. The average molecular weight is 343 g/mol. The minimum atomic E-state index is -1.15. The van der Waals surface area contributed by atoms with Gasteiger partial charge in [-0.1, -0.05) is 27.7 Å². The fourth-order valence-corrected chi connectivity index (χ4v) is 1.83. The minimum Gasteiger partial charge on any atom is -0.480 e. The predicted molar refractivity (Wildman–Crippen MR) is 89.1 cm³/mol. The van der Waals surface area contributed by atoms with Gasteiger partial charge in [0.15, 0.2) is 5.78 Å². The Morgan fingerprint density at radius 1 is 1.08 bits per heavy atom. The van der Waals surface area contributed by atoms with Crippen molar-refractivity contribution in [2.75, 3.05) is 19.6 Å². The van der Waals surface area contributed by atoms with Gasteiger partial charge in [0.05, 0.1) is 6.54 Å². The lowest BCUT2D eigenvalue weighted by Crippen LogP contribution is -2.44. The second-order valence-electron chi connectivity index (χ2n) is 6.37. The van der Waals surface area contributed by atoms with E-state index in [1.54, 1.807) is 27.7 Å². The second kappa shape index (κ2) is 10.7. The van der Waals surface area contributed by atoms with Crippen molar-refractivity contribution in [1.29, 1.82) is 0 Å². The first kappa shape index (κ1) is 22.0. The summed E-state index contributed by atoms with van der Waals surface area (Å²) in [5.41, 5.74) is 5.33. The molecule has 0 bridgehead atoms. The van der Waals surface area contributed by atoms with Crippen molar-refractivity contribution in [2.24, 2.45) is 17.6 Å². The van der Waals surface area contributed by atoms with E-state index < -0.39 is 12.0 Å². The Morgan fingerprint density at radius 2 is 1.67 bits per heavy atom. The van der Waals surface area contributed by atoms with Crippen LogP contribution in [0, 0.1) is 11.8 Å². The SMILES string of the molecule is CC(C)C(=O)CN(CCNC(=O)CC[C@H](N)C(=O)O)C(=O)C(C)C. The molecular formula is C16H29N3O5. The van der Waals surface area contributed by atoms with Crippen molar-refractivity contribution in [3.05, 3.63) is 0 Å². The summed E-state index contributed by atoms with van der Waals surface area (Å²) in [7, 11) is 0. The fraction of sp³-hybridized carbons (Fsp3) is 0.750. The number of amides is 2. The molecule has 0 saturated heterocycles. The minimum absolute atomic E-state index is 0.00345. The van der Waals surface area contributed by atoms with Gasteiger partial charge in [0.1, 0.15) is 6.04 Å². The molecule has 0 saturated carbocycles. The number of nitrogens with one attached hydrogen (secondary N) is 1. The van der Waals surface area contributed by atoms with Crippen molar-refractivity contribution in [3.8, 4) is 0 Å². The summed E-state index contributed by atoms with van der Waals surface area (Å²) >= 11 is 0. The van der Waals surface area contributed by atoms with Crippen LogP contribution < -0.4 is 11.1 Å². The summed E-state index contributed by atoms with van der Waals surface area (Å²) in [5.74, 6) is -2.08. The van der Waals surface area contributed by atoms with E-state index in [1.807, 2.05) is 0 Å². The summed E-state index contributed by atoms with van der Waals surface area (Å²) < 4.78 is 0. The molecule has 0 heterocycles. The van der Waals surface area contributed by atoms with Gasteiger partial charge in [-0.05, 0) is 6.42 Å². The number of Topliss-reactive ketones (excluding diaryl/α,β-unsaturated/α-hetero) is 1. The molecule has 0 aliphatic rings. The van der Waals surface area contributed by atoms with Crippen LogP contribution in [-0.4, -0.2) is 59.2 Å². The van der Waals surface area contributed by atoms with Crippen LogP contribution in [0.25, 0.3) is 0 Å². The third-order valence-electron chi connectivity index (χ3n) is 3.50. The lowest BCUT2D eigenvalue weighted by Gasteiger charge is -2.25. The highest BCUT2D eigenvalue weighted by molar-refractivity contribution is 5.87. The third kappa shape index (κ3) is 8.61. The Bertz CT molecular complexity index is 463. The Labute approximate surface area is 142 Å². The molecule has 0 unspecified atom stereocenters. The van der Waals surface area contributed by atoms with E-state index in [2.05, 4.69) is 5.32 Å². The molecule has 0 aromatic carbocycles. The van der Waals surface area contributed by atoms with Gasteiger partial charge in [-0.3, -0.25) is 19.2 Å². The van der Waals surface area contributed by atoms with Gasteiger partial charge in [0, 0.05) is 31.3 Å². The highest BCUT2D eigenvalue weighted by Gasteiger charge is 2.21. The van der Waals surface area contributed by atoms with Crippen LogP contribution in [0.15, 0.2) is 0 Å². The first-order chi connectivity index (χ1) is 11.1. The van der Waals surface area contributed by atoms with Gasteiger partial charge >= 0.3 is 5.97 Å². The number of carbonyl (C=O) groups excluding carboxylic acids is 3. The van der Waals surface area contributed by atoms with E-state index in [4.69, 9.17) is 10.8 Å². The van der Waals surface area contributed by atoms with Crippen molar-refractivity contribution >= 4 is 23.6 Å². The molecule has 0 rings (SSSR count). The molecule has 2 amide bonds. The van der Waals surface area contributed by atoms with Gasteiger partial charge < -0.3 is 21.1 Å². The zero-order chi connectivity index (χ0) is 18.9. The van der Waals surface area contributed by atoms with E-state index >= 15 is 0 Å². The highest BCUT2D eigenvalue weighted by atomic mass is 16.4. The number of carbonyl (C=O) groups is 4. The monoisotopic (exact) mass is 343 g/mol. The number of carboxylic acids is 1. The Kier molecular flexibility index (Phi) is 9.87. The van der Waals surface area contributed by atoms with Crippen LogP contribution in [0.5, 0.6) is 0 Å².